The zero-order valence-corrected chi connectivity index (χ0v) is 25.7. The number of carbonyl (C=O) groups excluding carboxylic acids is 1. The van der Waals surface area contributed by atoms with Crippen molar-refractivity contribution < 1.29 is 9.53 Å². The molecule has 5 rings (SSSR count). The van der Waals surface area contributed by atoms with Gasteiger partial charge >= 0.3 is 0 Å². The number of benzene rings is 1. The van der Waals surface area contributed by atoms with Crippen molar-refractivity contribution in [1.82, 2.24) is 20.1 Å². The number of halogens is 2. The smallest absolute Gasteiger partial charge is 0.220 e. The molecule has 1 aliphatic carbocycles. The number of carbonyl (C=O) groups is 1. The number of aliphatic imine (C=N–C) groups is 2. The Kier molecular flexibility index (Phi) is 11.0. The molecule has 1 saturated carbocycles. The van der Waals surface area contributed by atoms with Crippen molar-refractivity contribution in [1.29, 1.82) is 0 Å². The molecule has 42 heavy (non-hydrogen) atoms. The highest BCUT2D eigenvalue weighted by molar-refractivity contribution is 6.35. The third kappa shape index (κ3) is 9.36. The predicted octanol–water partition coefficient (Wildman–Crippen LogP) is 5.74. The monoisotopic (exact) mass is 610 g/mol. The van der Waals surface area contributed by atoms with Gasteiger partial charge in [-0.3, -0.25) is 14.8 Å². The van der Waals surface area contributed by atoms with Crippen LogP contribution >= 0.6 is 23.2 Å². The molecule has 0 radical (unpaired) electrons. The van der Waals surface area contributed by atoms with E-state index in [1.54, 1.807) is 24.8 Å². The SMILES string of the molecule is CC(C=O)CCN1CC\N=C/C(Oc2cc(CN3CCC4CC4CC3)cc(-c3cc(Cl)cc(Cl)c3)n2)=C\N=C\NCC1. The number of rotatable bonds is 9. The van der Waals surface area contributed by atoms with Crippen molar-refractivity contribution >= 4 is 42.0 Å². The number of fused-ring (bicyclic) bond motifs is 1. The van der Waals surface area contributed by atoms with Crippen LogP contribution in [0.1, 0.15) is 38.2 Å². The maximum atomic E-state index is 11.0. The molecule has 2 aromatic rings. The van der Waals surface area contributed by atoms with Crippen molar-refractivity contribution in [3.63, 3.8) is 0 Å². The number of likely N-dealkylation sites (tertiary alicyclic amines) is 1. The van der Waals surface area contributed by atoms with E-state index in [-0.39, 0.29) is 5.92 Å². The number of aromatic nitrogens is 1. The fourth-order valence-corrected chi connectivity index (χ4v) is 6.12. The fraction of sp³-hybridized carbons (Fsp3) is 0.500. The molecule has 224 valence electrons. The second kappa shape index (κ2) is 15.1. The Morgan fingerprint density at radius 3 is 2.60 bits per heavy atom. The first-order valence-corrected chi connectivity index (χ1v) is 15.7. The minimum absolute atomic E-state index is 0.0494. The van der Waals surface area contributed by atoms with E-state index in [4.69, 9.17) is 32.9 Å². The van der Waals surface area contributed by atoms with Gasteiger partial charge in [0.25, 0.3) is 0 Å². The number of hydrogen-bond acceptors (Lipinski definition) is 8. The highest BCUT2D eigenvalue weighted by Gasteiger charge is 2.38. The first kappa shape index (κ1) is 30.7. The summed E-state index contributed by atoms with van der Waals surface area (Å²) in [5.41, 5.74) is 2.71. The van der Waals surface area contributed by atoms with Crippen LogP contribution in [0.2, 0.25) is 10.0 Å². The number of hydrogen-bond donors (Lipinski definition) is 1. The van der Waals surface area contributed by atoms with Gasteiger partial charge in [0.2, 0.25) is 5.88 Å². The van der Waals surface area contributed by atoms with E-state index in [2.05, 4.69) is 31.2 Å². The van der Waals surface area contributed by atoms with Gasteiger partial charge in [0.15, 0.2) is 5.76 Å². The van der Waals surface area contributed by atoms with E-state index in [0.717, 1.165) is 87.2 Å². The molecular formula is C32H40Cl2N6O2. The Hall–Kier alpha value is -2.78. The van der Waals surface area contributed by atoms with Crippen LogP contribution in [0.5, 0.6) is 5.88 Å². The molecule has 1 saturated heterocycles. The van der Waals surface area contributed by atoms with Gasteiger partial charge in [-0.05, 0) is 87.0 Å². The molecule has 0 amide bonds. The summed E-state index contributed by atoms with van der Waals surface area (Å²) in [7, 11) is 0. The number of allylic oxidation sites excluding steroid dienone is 1. The normalized spacial score (nSPS) is 25.3. The molecule has 3 atom stereocenters. The standard InChI is InChI=1S/C32H40Cl2N6O2/c1-23(21-41)2-7-39-10-5-35-18-30(19-37-22-36-6-11-39)42-32-13-24(20-40-8-3-25-14-26(25)4-9-40)12-31(38-32)27-15-28(33)17-29(34)16-27/h12-13,15-19,21-23,25-26H,2-11,14,20H2,1H3,(H,36,37)/b30-19+,35-18-. The lowest BCUT2D eigenvalue weighted by atomic mass is 10.1. The topological polar surface area (TPSA) is 82.4 Å². The van der Waals surface area contributed by atoms with Crippen LogP contribution < -0.4 is 10.1 Å². The molecule has 3 unspecified atom stereocenters. The molecule has 0 bridgehead atoms. The number of ether oxygens (including phenoxy) is 1. The Morgan fingerprint density at radius 2 is 1.83 bits per heavy atom. The predicted molar refractivity (Wildman–Crippen MR) is 171 cm³/mol. The first-order valence-electron chi connectivity index (χ1n) is 15.0. The summed E-state index contributed by atoms with van der Waals surface area (Å²) < 4.78 is 6.30. The van der Waals surface area contributed by atoms with Gasteiger partial charge in [-0.1, -0.05) is 30.1 Å². The van der Waals surface area contributed by atoms with Gasteiger partial charge in [0, 0.05) is 53.8 Å². The molecule has 0 spiro atoms. The van der Waals surface area contributed by atoms with Gasteiger partial charge < -0.3 is 14.8 Å². The van der Waals surface area contributed by atoms with Crippen LogP contribution in [0.3, 0.4) is 0 Å². The maximum absolute atomic E-state index is 11.0. The van der Waals surface area contributed by atoms with Crippen molar-refractivity contribution in [3.8, 4) is 17.1 Å². The highest BCUT2D eigenvalue weighted by atomic mass is 35.5. The molecule has 8 nitrogen and oxygen atoms in total. The van der Waals surface area contributed by atoms with E-state index in [9.17, 15) is 4.79 Å². The van der Waals surface area contributed by atoms with E-state index >= 15 is 0 Å². The molecule has 1 aromatic carbocycles. The van der Waals surface area contributed by atoms with E-state index < -0.39 is 0 Å². The lowest BCUT2D eigenvalue weighted by Crippen LogP contribution is -2.35. The summed E-state index contributed by atoms with van der Waals surface area (Å²) in [5, 5.41) is 4.35. The highest BCUT2D eigenvalue weighted by Crippen LogP contribution is 2.45. The largest absolute Gasteiger partial charge is 0.436 e. The zero-order valence-electron chi connectivity index (χ0n) is 24.2. The van der Waals surface area contributed by atoms with Crippen molar-refractivity contribution in [2.45, 2.75) is 39.2 Å². The minimum atomic E-state index is 0.0494. The Labute approximate surface area is 258 Å². The van der Waals surface area contributed by atoms with Crippen LogP contribution in [-0.2, 0) is 11.3 Å². The van der Waals surface area contributed by atoms with Crippen molar-refractivity contribution in [2.24, 2.45) is 27.7 Å². The van der Waals surface area contributed by atoms with Crippen LogP contribution in [0.15, 0.2) is 52.3 Å². The van der Waals surface area contributed by atoms with Crippen LogP contribution in [-0.4, -0.2) is 79.4 Å². The quantitative estimate of drug-likeness (QED) is 0.365. The van der Waals surface area contributed by atoms with Gasteiger partial charge in [-0.25, -0.2) is 9.98 Å². The van der Waals surface area contributed by atoms with Gasteiger partial charge in [0.05, 0.1) is 31.0 Å². The summed E-state index contributed by atoms with van der Waals surface area (Å²) >= 11 is 12.7. The molecular weight excluding hydrogens is 571 g/mol. The summed E-state index contributed by atoms with van der Waals surface area (Å²) in [6.07, 6.45) is 10.8. The Bertz CT molecular complexity index is 1280. The molecule has 3 aliphatic rings. The molecule has 2 fully saturated rings. The Balaban J connectivity index is 1.34. The van der Waals surface area contributed by atoms with Gasteiger partial charge in [-0.15, -0.1) is 0 Å². The van der Waals surface area contributed by atoms with Gasteiger partial charge in [0.1, 0.15) is 6.29 Å². The average molecular weight is 612 g/mol. The second-order valence-electron chi connectivity index (χ2n) is 11.6. The molecule has 2 aliphatic heterocycles. The number of nitrogens with one attached hydrogen (secondary N) is 1. The summed E-state index contributed by atoms with van der Waals surface area (Å²) in [4.78, 5) is 29.7. The second-order valence-corrected chi connectivity index (χ2v) is 12.5. The van der Waals surface area contributed by atoms with E-state index in [0.29, 0.717) is 28.2 Å². The van der Waals surface area contributed by atoms with Crippen molar-refractivity contribution in [3.05, 3.63) is 57.9 Å². The number of pyridine rings is 1. The van der Waals surface area contributed by atoms with Crippen LogP contribution in [0.4, 0.5) is 0 Å². The van der Waals surface area contributed by atoms with E-state index in [1.807, 2.05) is 25.1 Å². The molecule has 3 heterocycles. The third-order valence-corrected chi connectivity index (χ3v) is 8.62. The molecule has 1 N–H and O–H groups in total. The summed E-state index contributed by atoms with van der Waals surface area (Å²) in [5.74, 6) is 2.85. The third-order valence-electron chi connectivity index (χ3n) is 8.19. The number of aldehydes is 1. The van der Waals surface area contributed by atoms with Gasteiger partial charge in [-0.2, -0.15) is 0 Å². The molecule has 10 heteroatoms. The minimum Gasteiger partial charge on any atom is -0.436 e. The lowest BCUT2D eigenvalue weighted by molar-refractivity contribution is -0.110. The lowest BCUT2D eigenvalue weighted by Gasteiger charge is -2.22. The fourth-order valence-electron chi connectivity index (χ4n) is 5.60. The maximum Gasteiger partial charge on any atom is 0.220 e. The summed E-state index contributed by atoms with van der Waals surface area (Å²) in [6.45, 7) is 8.85. The molecule has 1 aromatic heterocycles. The van der Waals surface area contributed by atoms with E-state index in [1.165, 1.54) is 19.3 Å². The van der Waals surface area contributed by atoms with Crippen LogP contribution in [0, 0.1) is 17.8 Å². The first-order chi connectivity index (χ1) is 20.4. The van der Waals surface area contributed by atoms with Crippen molar-refractivity contribution in [2.75, 3.05) is 45.8 Å². The summed E-state index contributed by atoms with van der Waals surface area (Å²) in [6, 6.07) is 9.57. The average Bonchev–Trinajstić information content (AvgIpc) is 3.74. The van der Waals surface area contributed by atoms with Crippen LogP contribution in [0.25, 0.3) is 11.3 Å². The Morgan fingerprint density at radius 1 is 1.05 bits per heavy atom. The zero-order chi connectivity index (χ0) is 29.3. The number of nitrogens with zero attached hydrogens (tertiary/aromatic N) is 5.